The second kappa shape index (κ2) is 5.80. The summed E-state index contributed by atoms with van der Waals surface area (Å²) in [6, 6.07) is 7.52. The van der Waals surface area contributed by atoms with E-state index in [4.69, 9.17) is 9.15 Å². The molecule has 2 aromatic rings. The Hall–Kier alpha value is -1.97. The highest BCUT2D eigenvalue weighted by Gasteiger charge is 2.20. The van der Waals surface area contributed by atoms with Crippen LogP contribution in [0.25, 0.3) is 11.0 Å². The standard InChI is InChI=1S/C17H23NO3/c1-11(18-15(19)10-17(2,3)4)14-9-12-7-6-8-13(20-5)16(12)21-14/h6-9,11H,10H2,1-5H3,(H,18,19). The number of hydrogen-bond donors (Lipinski definition) is 1. The van der Waals surface area contributed by atoms with Crippen LogP contribution >= 0.6 is 0 Å². The van der Waals surface area contributed by atoms with Crippen LogP contribution in [0.15, 0.2) is 28.7 Å². The van der Waals surface area contributed by atoms with Crippen molar-refractivity contribution in [1.29, 1.82) is 0 Å². The van der Waals surface area contributed by atoms with E-state index in [1.807, 2.05) is 52.0 Å². The number of carbonyl (C=O) groups is 1. The molecule has 0 radical (unpaired) electrons. The highest BCUT2D eigenvalue weighted by Crippen LogP contribution is 2.31. The Labute approximate surface area is 125 Å². The van der Waals surface area contributed by atoms with Crippen molar-refractivity contribution in [3.8, 4) is 5.75 Å². The lowest BCUT2D eigenvalue weighted by molar-refractivity contribution is -0.123. The molecule has 0 fully saturated rings. The first-order valence-corrected chi connectivity index (χ1v) is 7.16. The molecule has 0 spiro atoms. The number of ether oxygens (including phenoxy) is 1. The van der Waals surface area contributed by atoms with Crippen molar-refractivity contribution in [2.24, 2.45) is 5.41 Å². The minimum Gasteiger partial charge on any atom is -0.493 e. The Bertz CT molecular complexity index is 637. The number of furan rings is 1. The van der Waals surface area contributed by atoms with Gasteiger partial charge in [0.05, 0.1) is 13.2 Å². The molecule has 1 unspecified atom stereocenters. The molecule has 0 saturated carbocycles. The fourth-order valence-electron chi connectivity index (χ4n) is 2.28. The quantitative estimate of drug-likeness (QED) is 0.923. The summed E-state index contributed by atoms with van der Waals surface area (Å²) in [6.07, 6.45) is 0.487. The molecule has 0 bridgehead atoms. The van der Waals surface area contributed by atoms with Gasteiger partial charge in [-0.3, -0.25) is 4.79 Å². The predicted molar refractivity (Wildman–Crippen MR) is 83.4 cm³/mol. The van der Waals surface area contributed by atoms with Crippen molar-refractivity contribution in [1.82, 2.24) is 5.32 Å². The van der Waals surface area contributed by atoms with Gasteiger partial charge in [0.25, 0.3) is 0 Å². The smallest absolute Gasteiger partial charge is 0.221 e. The molecule has 4 heteroatoms. The molecule has 0 aliphatic carbocycles. The number of para-hydroxylation sites is 1. The van der Waals surface area contributed by atoms with Gasteiger partial charge < -0.3 is 14.5 Å². The number of fused-ring (bicyclic) bond motifs is 1. The van der Waals surface area contributed by atoms with E-state index >= 15 is 0 Å². The summed E-state index contributed by atoms with van der Waals surface area (Å²) in [5.41, 5.74) is 0.688. The van der Waals surface area contributed by atoms with Crippen LogP contribution in [0.5, 0.6) is 5.75 Å². The normalized spacial score (nSPS) is 13.2. The van der Waals surface area contributed by atoms with Crippen molar-refractivity contribution in [3.63, 3.8) is 0 Å². The summed E-state index contributed by atoms with van der Waals surface area (Å²) in [5.74, 6) is 1.46. The molecule has 1 aromatic carbocycles. The van der Waals surface area contributed by atoms with Gasteiger partial charge in [-0.1, -0.05) is 32.9 Å². The van der Waals surface area contributed by atoms with Crippen molar-refractivity contribution in [2.75, 3.05) is 7.11 Å². The maximum Gasteiger partial charge on any atom is 0.221 e. The fourth-order valence-corrected chi connectivity index (χ4v) is 2.28. The third-order valence-corrected chi connectivity index (χ3v) is 3.24. The van der Waals surface area contributed by atoms with Crippen molar-refractivity contribution in [3.05, 3.63) is 30.0 Å². The van der Waals surface area contributed by atoms with Gasteiger partial charge in [0, 0.05) is 11.8 Å². The van der Waals surface area contributed by atoms with Crippen LogP contribution in [0.4, 0.5) is 0 Å². The lowest BCUT2D eigenvalue weighted by Crippen LogP contribution is -2.29. The Kier molecular flexibility index (Phi) is 4.26. The second-order valence-corrected chi connectivity index (χ2v) is 6.55. The third-order valence-electron chi connectivity index (χ3n) is 3.24. The minimum absolute atomic E-state index is 0.0269. The molecule has 1 atom stereocenters. The van der Waals surface area contributed by atoms with Gasteiger partial charge in [-0.25, -0.2) is 0 Å². The largest absolute Gasteiger partial charge is 0.493 e. The van der Waals surface area contributed by atoms with E-state index in [2.05, 4.69) is 5.32 Å². The topological polar surface area (TPSA) is 51.5 Å². The summed E-state index contributed by atoms with van der Waals surface area (Å²) in [6.45, 7) is 8.06. The van der Waals surface area contributed by atoms with Gasteiger partial charge in [-0.05, 0) is 24.5 Å². The zero-order valence-electron chi connectivity index (χ0n) is 13.3. The zero-order chi connectivity index (χ0) is 15.6. The van der Waals surface area contributed by atoms with Crippen LogP contribution in [0, 0.1) is 5.41 Å². The van der Waals surface area contributed by atoms with Crippen LogP contribution in [0.2, 0.25) is 0 Å². The van der Waals surface area contributed by atoms with E-state index in [0.717, 1.165) is 11.1 Å². The Morgan fingerprint density at radius 2 is 2.10 bits per heavy atom. The van der Waals surface area contributed by atoms with Gasteiger partial charge in [0.2, 0.25) is 5.91 Å². The number of benzene rings is 1. The monoisotopic (exact) mass is 289 g/mol. The highest BCUT2D eigenvalue weighted by molar-refractivity contribution is 5.84. The molecule has 1 amide bonds. The first-order chi connectivity index (χ1) is 9.80. The van der Waals surface area contributed by atoms with E-state index in [9.17, 15) is 4.79 Å². The van der Waals surface area contributed by atoms with Crippen LogP contribution in [-0.2, 0) is 4.79 Å². The van der Waals surface area contributed by atoms with E-state index in [1.165, 1.54) is 0 Å². The summed E-state index contributed by atoms with van der Waals surface area (Å²) in [5, 5.41) is 3.95. The predicted octanol–water partition coefficient (Wildman–Crippen LogP) is 4.05. The van der Waals surface area contributed by atoms with E-state index in [1.54, 1.807) is 7.11 Å². The number of hydrogen-bond acceptors (Lipinski definition) is 3. The molecule has 2 rings (SSSR count). The van der Waals surface area contributed by atoms with Gasteiger partial charge in [-0.15, -0.1) is 0 Å². The molecule has 0 aliphatic heterocycles. The molecule has 0 aliphatic rings. The molecule has 1 heterocycles. The van der Waals surface area contributed by atoms with Gasteiger partial charge in [-0.2, -0.15) is 0 Å². The lowest BCUT2D eigenvalue weighted by atomic mass is 9.92. The van der Waals surface area contributed by atoms with E-state index in [0.29, 0.717) is 17.8 Å². The van der Waals surface area contributed by atoms with Crippen molar-refractivity contribution in [2.45, 2.75) is 40.2 Å². The van der Waals surface area contributed by atoms with Crippen LogP contribution in [0.1, 0.15) is 45.9 Å². The van der Waals surface area contributed by atoms with Crippen LogP contribution in [-0.4, -0.2) is 13.0 Å². The number of methoxy groups -OCH3 is 1. The first-order valence-electron chi connectivity index (χ1n) is 7.16. The fraction of sp³-hybridized carbons (Fsp3) is 0.471. The maximum absolute atomic E-state index is 12.0. The SMILES string of the molecule is COc1cccc2cc(C(C)NC(=O)CC(C)(C)C)oc12. The lowest BCUT2D eigenvalue weighted by Gasteiger charge is -2.19. The van der Waals surface area contributed by atoms with Crippen LogP contribution < -0.4 is 10.1 Å². The molecular formula is C17H23NO3. The average Bonchev–Trinajstić information content (AvgIpc) is 2.79. The molecule has 114 valence electrons. The third kappa shape index (κ3) is 3.78. The average molecular weight is 289 g/mol. The Morgan fingerprint density at radius 1 is 1.38 bits per heavy atom. The zero-order valence-corrected chi connectivity index (χ0v) is 13.3. The second-order valence-electron chi connectivity index (χ2n) is 6.55. The highest BCUT2D eigenvalue weighted by atomic mass is 16.5. The summed E-state index contributed by atoms with van der Waals surface area (Å²) >= 11 is 0. The number of amides is 1. The van der Waals surface area contributed by atoms with Crippen LogP contribution in [0.3, 0.4) is 0 Å². The minimum atomic E-state index is -0.169. The van der Waals surface area contributed by atoms with E-state index < -0.39 is 0 Å². The number of nitrogens with one attached hydrogen (secondary N) is 1. The summed E-state index contributed by atoms with van der Waals surface area (Å²) in [4.78, 5) is 12.0. The van der Waals surface area contributed by atoms with Crippen molar-refractivity contribution < 1.29 is 13.9 Å². The first kappa shape index (κ1) is 15.4. The van der Waals surface area contributed by atoms with E-state index in [-0.39, 0.29) is 17.4 Å². The molecule has 1 N–H and O–H groups in total. The van der Waals surface area contributed by atoms with Gasteiger partial charge in [0.1, 0.15) is 5.76 Å². The van der Waals surface area contributed by atoms with Gasteiger partial charge in [0.15, 0.2) is 11.3 Å². The Balaban J connectivity index is 2.16. The Morgan fingerprint density at radius 3 is 2.71 bits per heavy atom. The molecule has 21 heavy (non-hydrogen) atoms. The van der Waals surface area contributed by atoms with Gasteiger partial charge >= 0.3 is 0 Å². The summed E-state index contributed by atoms with van der Waals surface area (Å²) < 4.78 is 11.1. The molecule has 1 aromatic heterocycles. The molecular weight excluding hydrogens is 266 g/mol. The van der Waals surface area contributed by atoms with Crippen molar-refractivity contribution >= 4 is 16.9 Å². The molecule has 0 saturated heterocycles. The number of rotatable bonds is 4. The maximum atomic E-state index is 12.0. The molecule has 4 nitrogen and oxygen atoms in total. The number of carbonyl (C=O) groups excluding carboxylic acids is 1. The summed E-state index contributed by atoms with van der Waals surface area (Å²) in [7, 11) is 1.62.